The van der Waals surface area contributed by atoms with Gasteiger partial charge in [-0.2, -0.15) is 0 Å². The highest BCUT2D eigenvalue weighted by Gasteiger charge is 2.30. The number of carbonyl (C=O) groups excluding carboxylic acids is 2. The number of amides is 1. The highest BCUT2D eigenvalue weighted by atomic mass is 32.2. The van der Waals surface area contributed by atoms with Crippen molar-refractivity contribution in [3.05, 3.63) is 24.3 Å². The molecule has 0 saturated heterocycles. The van der Waals surface area contributed by atoms with Gasteiger partial charge in [-0.05, 0) is 31.2 Å². The highest BCUT2D eigenvalue weighted by Crippen LogP contribution is 2.23. The lowest BCUT2D eigenvalue weighted by atomic mass is 10.3. The smallest absolute Gasteiger partial charge is 0.465 e. The molecule has 1 aromatic rings. The Morgan fingerprint density at radius 2 is 1.82 bits per heavy atom. The average Bonchev–Trinajstić information content (AvgIpc) is 2.39. The van der Waals surface area contributed by atoms with E-state index < -0.39 is 12.3 Å². The van der Waals surface area contributed by atoms with E-state index in [0.717, 1.165) is 23.9 Å². The predicted octanol–water partition coefficient (Wildman–Crippen LogP) is 2.82. The number of hydrogen-bond acceptors (Lipinski definition) is 5. The lowest BCUT2D eigenvalue weighted by Crippen LogP contribution is -2.17. The van der Waals surface area contributed by atoms with E-state index in [1.54, 1.807) is 6.92 Å². The van der Waals surface area contributed by atoms with Gasteiger partial charge in [-0.3, -0.25) is 9.59 Å². The van der Waals surface area contributed by atoms with Gasteiger partial charge in [0.05, 0.1) is 18.1 Å². The monoisotopic (exact) mass is 337 g/mol. The molecule has 0 aliphatic rings. The Balaban J connectivity index is 2.37. The molecule has 1 rings (SSSR count). The van der Waals surface area contributed by atoms with Crippen LogP contribution >= 0.6 is 11.8 Å². The molecule has 0 bridgehead atoms. The van der Waals surface area contributed by atoms with E-state index in [2.05, 4.69) is 10.1 Å². The third-order valence-corrected chi connectivity index (χ3v) is 3.04. The summed E-state index contributed by atoms with van der Waals surface area (Å²) >= 11 is 1.08. The zero-order valence-corrected chi connectivity index (χ0v) is 12.4. The number of rotatable bonds is 7. The van der Waals surface area contributed by atoms with E-state index in [0.29, 0.717) is 5.69 Å². The number of nitrogens with one attached hydrogen (secondary N) is 1. The number of thioether (sulfide) groups is 1. The first kappa shape index (κ1) is 18.1. The van der Waals surface area contributed by atoms with Gasteiger partial charge in [-0.25, -0.2) is 0 Å². The molecular formula is C13H14F3NO4S. The molecular weight excluding hydrogens is 323 g/mol. The van der Waals surface area contributed by atoms with Gasteiger partial charge in [0.15, 0.2) is 0 Å². The van der Waals surface area contributed by atoms with Crippen molar-refractivity contribution in [3.8, 4) is 5.75 Å². The van der Waals surface area contributed by atoms with Crippen molar-refractivity contribution in [2.45, 2.75) is 13.3 Å². The van der Waals surface area contributed by atoms with Crippen LogP contribution in [0.25, 0.3) is 0 Å². The minimum absolute atomic E-state index is 0.0274. The summed E-state index contributed by atoms with van der Waals surface area (Å²) in [4.78, 5) is 22.6. The summed E-state index contributed by atoms with van der Waals surface area (Å²) in [5, 5.41) is 2.49. The van der Waals surface area contributed by atoms with E-state index in [9.17, 15) is 22.8 Å². The second-order valence-corrected chi connectivity index (χ2v) is 4.90. The van der Waals surface area contributed by atoms with Crippen molar-refractivity contribution in [2.75, 3.05) is 23.4 Å². The van der Waals surface area contributed by atoms with Crippen LogP contribution in [-0.2, 0) is 14.3 Å². The standard InChI is InChI=1S/C13H14F3NO4S/c1-2-20-12(19)8-22-7-11(18)17-9-3-5-10(6-4-9)21-13(14,15)16/h3-6H,2,7-8H2,1H3,(H,17,18). The van der Waals surface area contributed by atoms with Crippen molar-refractivity contribution in [2.24, 2.45) is 0 Å². The maximum absolute atomic E-state index is 12.0. The summed E-state index contributed by atoms with van der Waals surface area (Å²) in [6.07, 6.45) is -4.76. The minimum Gasteiger partial charge on any atom is -0.465 e. The molecule has 0 heterocycles. The predicted molar refractivity (Wildman–Crippen MR) is 75.7 cm³/mol. The molecule has 22 heavy (non-hydrogen) atoms. The summed E-state index contributed by atoms with van der Waals surface area (Å²) < 4.78 is 44.3. The van der Waals surface area contributed by atoms with Crippen LogP contribution in [-0.4, -0.2) is 36.4 Å². The third-order valence-electron chi connectivity index (χ3n) is 2.13. The average molecular weight is 337 g/mol. The van der Waals surface area contributed by atoms with Crippen molar-refractivity contribution < 1.29 is 32.2 Å². The van der Waals surface area contributed by atoms with Gasteiger partial charge in [0.25, 0.3) is 0 Å². The van der Waals surface area contributed by atoms with Crippen LogP contribution in [0.4, 0.5) is 18.9 Å². The van der Waals surface area contributed by atoms with Crippen LogP contribution in [0.1, 0.15) is 6.92 Å². The van der Waals surface area contributed by atoms with Gasteiger partial charge in [0.1, 0.15) is 5.75 Å². The van der Waals surface area contributed by atoms with E-state index in [1.807, 2.05) is 0 Å². The molecule has 0 aliphatic heterocycles. The molecule has 0 aliphatic carbocycles. The number of ether oxygens (including phenoxy) is 2. The molecule has 0 radical (unpaired) electrons. The molecule has 0 fully saturated rings. The third kappa shape index (κ3) is 7.77. The second kappa shape index (κ2) is 8.52. The van der Waals surface area contributed by atoms with Crippen molar-refractivity contribution in [1.29, 1.82) is 0 Å². The summed E-state index contributed by atoms with van der Waals surface area (Å²) in [6, 6.07) is 4.76. The maximum atomic E-state index is 12.0. The number of hydrogen-bond donors (Lipinski definition) is 1. The van der Waals surface area contributed by atoms with Gasteiger partial charge in [-0.1, -0.05) is 0 Å². The van der Waals surface area contributed by atoms with Crippen molar-refractivity contribution in [3.63, 3.8) is 0 Å². The first-order valence-electron chi connectivity index (χ1n) is 6.19. The number of esters is 1. The Kier molecular flexibility index (Phi) is 7.03. The van der Waals surface area contributed by atoms with E-state index in [-0.39, 0.29) is 29.8 Å². The lowest BCUT2D eigenvalue weighted by Gasteiger charge is -2.10. The highest BCUT2D eigenvalue weighted by molar-refractivity contribution is 8.00. The van der Waals surface area contributed by atoms with E-state index in [4.69, 9.17) is 4.74 Å². The van der Waals surface area contributed by atoms with Crippen LogP contribution < -0.4 is 10.1 Å². The van der Waals surface area contributed by atoms with Gasteiger partial charge in [-0.15, -0.1) is 24.9 Å². The van der Waals surface area contributed by atoms with Crippen LogP contribution in [0, 0.1) is 0 Å². The van der Waals surface area contributed by atoms with Gasteiger partial charge >= 0.3 is 12.3 Å². The van der Waals surface area contributed by atoms with Crippen LogP contribution in [0.5, 0.6) is 5.75 Å². The molecule has 0 spiro atoms. The van der Waals surface area contributed by atoms with Crippen LogP contribution in [0.2, 0.25) is 0 Å². The summed E-state index contributed by atoms with van der Waals surface area (Å²) in [6.45, 7) is 1.96. The molecule has 0 atom stereocenters. The van der Waals surface area contributed by atoms with Gasteiger partial charge in [0, 0.05) is 5.69 Å². The molecule has 0 saturated carbocycles. The molecule has 9 heteroatoms. The lowest BCUT2D eigenvalue weighted by molar-refractivity contribution is -0.274. The normalized spacial score (nSPS) is 10.9. The van der Waals surface area contributed by atoms with E-state index >= 15 is 0 Å². The molecule has 122 valence electrons. The largest absolute Gasteiger partial charge is 0.573 e. The fourth-order valence-corrected chi connectivity index (χ4v) is 1.98. The number of halogens is 3. The minimum atomic E-state index is -4.76. The van der Waals surface area contributed by atoms with Crippen LogP contribution in [0.3, 0.4) is 0 Å². The van der Waals surface area contributed by atoms with Gasteiger partial charge in [0.2, 0.25) is 5.91 Å². The first-order chi connectivity index (χ1) is 10.3. The number of benzene rings is 1. The Hall–Kier alpha value is -1.90. The molecule has 1 amide bonds. The Bertz CT molecular complexity index is 505. The fraction of sp³-hybridized carbons (Fsp3) is 0.385. The van der Waals surface area contributed by atoms with Crippen molar-refractivity contribution in [1.82, 2.24) is 0 Å². The zero-order valence-electron chi connectivity index (χ0n) is 11.6. The molecule has 0 aromatic heterocycles. The molecule has 5 nitrogen and oxygen atoms in total. The van der Waals surface area contributed by atoms with Crippen molar-refractivity contribution >= 4 is 29.3 Å². The summed E-state index contributed by atoms with van der Waals surface area (Å²) in [5.74, 6) is -1.07. The Morgan fingerprint density at radius 1 is 1.18 bits per heavy atom. The Morgan fingerprint density at radius 3 is 2.36 bits per heavy atom. The number of anilines is 1. The summed E-state index contributed by atoms with van der Waals surface area (Å²) in [7, 11) is 0. The summed E-state index contributed by atoms with van der Waals surface area (Å²) in [5.41, 5.74) is 0.330. The van der Waals surface area contributed by atoms with E-state index in [1.165, 1.54) is 12.1 Å². The molecule has 1 aromatic carbocycles. The first-order valence-corrected chi connectivity index (χ1v) is 7.34. The number of carbonyl (C=O) groups is 2. The van der Waals surface area contributed by atoms with Gasteiger partial charge < -0.3 is 14.8 Å². The topological polar surface area (TPSA) is 64.6 Å². The van der Waals surface area contributed by atoms with Crippen LogP contribution in [0.15, 0.2) is 24.3 Å². The second-order valence-electron chi connectivity index (χ2n) is 3.92. The molecule has 0 unspecified atom stereocenters. The zero-order chi connectivity index (χ0) is 16.6. The molecule has 1 N–H and O–H groups in total. The number of alkyl halides is 3. The quantitative estimate of drug-likeness (QED) is 0.775. The SMILES string of the molecule is CCOC(=O)CSCC(=O)Nc1ccc(OC(F)(F)F)cc1. The maximum Gasteiger partial charge on any atom is 0.573 e. The Labute approximate surface area is 129 Å². The fourth-order valence-electron chi connectivity index (χ4n) is 1.37.